The van der Waals surface area contributed by atoms with Crippen molar-refractivity contribution in [2.75, 3.05) is 20.8 Å². The Morgan fingerprint density at radius 2 is 1.69 bits per heavy atom. The van der Waals surface area contributed by atoms with Crippen LogP contribution in [0.1, 0.15) is 42.6 Å². The molecule has 0 aliphatic carbocycles. The number of aryl methyl sites for hydroxylation is 1. The highest BCUT2D eigenvalue weighted by molar-refractivity contribution is 6.06. The van der Waals surface area contributed by atoms with E-state index in [9.17, 15) is 4.79 Å². The highest BCUT2D eigenvalue weighted by Gasteiger charge is 2.17. The van der Waals surface area contributed by atoms with Gasteiger partial charge >= 0.3 is 5.97 Å². The molecule has 0 bridgehead atoms. The zero-order valence-electron chi connectivity index (χ0n) is 17.6. The highest BCUT2D eigenvalue weighted by atomic mass is 16.5. The van der Waals surface area contributed by atoms with Crippen molar-refractivity contribution in [1.29, 1.82) is 0 Å². The molecule has 0 N–H and O–H groups in total. The van der Waals surface area contributed by atoms with Crippen LogP contribution in [0.25, 0.3) is 21.9 Å². The van der Waals surface area contributed by atoms with Crippen LogP contribution in [0.4, 0.5) is 0 Å². The molecule has 4 nitrogen and oxygen atoms in total. The molecule has 0 saturated heterocycles. The Labute approximate surface area is 172 Å². The van der Waals surface area contributed by atoms with Crippen molar-refractivity contribution in [3.05, 3.63) is 59.7 Å². The second-order valence-corrected chi connectivity index (χ2v) is 6.97. The fourth-order valence-electron chi connectivity index (χ4n) is 3.52. The second kappa shape index (κ2) is 9.46. The molecule has 0 heterocycles. The Bertz CT molecular complexity index is 990. The summed E-state index contributed by atoms with van der Waals surface area (Å²) in [6.07, 6.45) is 3.42. The number of rotatable bonds is 8. The first-order valence-electron chi connectivity index (χ1n) is 10.1. The highest BCUT2D eigenvalue weighted by Crippen LogP contribution is 2.39. The Kier molecular flexibility index (Phi) is 6.76. The van der Waals surface area contributed by atoms with Gasteiger partial charge in [-0.1, -0.05) is 37.6 Å². The van der Waals surface area contributed by atoms with Gasteiger partial charge in [-0.15, -0.1) is 0 Å². The largest absolute Gasteiger partial charge is 0.497 e. The number of esters is 1. The van der Waals surface area contributed by atoms with Crippen LogP contribution in [-0.4, -0.2) is 26.8 Å². The lowest BCUT2D eigenvalue weighted by molar-refractivity contribution is 0.0526. The zero-order valence-corrected chi connectivity index (χ0v) is 17.6. The molecular formula is C25H28O4. The van der Waals surface area contributed by atoms with Gasteiger partial charge in [-0.25, -0.2) is 4.79 Å². The molecule has 0 saturated carbocycles. The van der Waals surface area contributed by atoms with Gasteiger partial charge in [0.1, 0.15) is 11.5 Å². The van der Waals surface area contributed by atoms with Crippen molar-refractivity contribution in [3.63, 3.8) is 0 Å². The third kappa shape index (κ3) is 4.53. The molecule has 0 radical (unpaired) electrons. The lowest BCUT2D eigenvalue weighted by Gasteiger charge is -2.15. The first-order valence-corrected chi connectivity index (χ1v) is 10.1. The van der Waals surface area contributed by atoms with Crippen LogP contribution in [0.15, 0.2) is 48.5 Å². The Hall–Kier alpha value is -3.01. The van der Waals surface area contributed by atoms with Crippen LogP contribution in [0.5, 0.6) is 11.5 Å². The fraction of sp³-hybridized carbons (Fsp3) is 0.320. The predicted molar refractivity (Wildman–Crippen MR) is 117 cm³/mol. The SMILES string of the molecule is CCCCc1ccc(-c2cc(C(=O)OCC)cc3cc(OC)cc(OC)c23)cc1. The summed E-state index contributed by atoms with van der Waals surface area (Å²) in [5, 5.41) is 1.82. The molecule has 0 aliphatic rings. The number of fused-ring (bicyclic) bond motifs is 1. The number of ether oxygens (including phenoxy) is 3. The average Bonchev–Trinajstić information content (AvgIpc) is 2.76. The van der Waals surface area contributed by atoms with E-state index in [0.717, 1.165) is 28.3 Å². The predicted octanol–water partition coefficient (Wildman–Crippen LogP) is 6.04. The van der Waals surface area contributed by atoms with Gasteiger partial charge < -0.3 is 14.2 Å². The first kappa shape index (κ1) is 20.7. The quantitative estimate of drug-likeness (QED) is 0.438. The standard InChI is InChI=1S/C25H28O4/c1-5-7-8-17-9-11-18(12-10-17)22-15-20(25(26)29-6-2)13-19-14-21(27-3)16-23(28-4)24(19)22/h9-16H,5-8H2,1-4H3. The molecule has 3 rings (SSSR count). The number of carbonyl (C=O) groups is 1. The van der Waals surface area contributed by atoms with Crippen LogP contribution in [-0.2, 0) is 11.2 Å². The maximum atomic E-state index is 12.5. The van der Waals surface area contributed by atoms with Crippen LogP contribution in [0, 0.1) is 0 Å². The van der Waals surface area contributed by atoms with Crippen LogP contribution < -0.4 is 9.47 Å². The third-order valence-corrected chi connectivity index (χ3v) is 5.04. The van der Waals surface area contributed by atoms with E-state index in [0.29, 0.717) is 23.7 Å². The fourth-order valence-corrected chi connectivity index (χ4v) is 3.52. The monoisotopic (exact) mass is 392 g/mol. The summed E-state index contributed by atoms with van der Waals surface area (Å²) >= 11 is 0. The summed E-state index contributed by atoms with van der Waals surface area (Å²) in [6.45, 7) is 4.34. The smallest absolute Gasteiger partial charge is 0.338 e. The van der Waals surface area contributed by atoms with E-state index in [-0.39, 0.29) is 5.97 Å². The van der Waals surface area contributed by atoms with Crippen LogP contribution in [0.2, 0.25) is 0 Å². The van der Waals surface area contributed by atoms with Gasteiger partial charge in [-0.3, -0.25) is 0 Å². The molecule has 0 aliphatic heterocycles. The number of benzene rings is 3. The van der Waals surface area contributed by atoms with E-state index in [1.54, 1.807) is 21.1 Å². The van der Waals surface area contributed by atoms with Gasteiger partial charge in [0.25, 0.3) is 0 Å². The van der Waals surface area contributed by atoms with E-state index in [4.69, 9.17) is 14.2 Å². The number of unbranched alkanes of at least 4 members (excludes halogenated alkanes) is 1. The van der Waals surface area contributed by atoms with E-state index >= 15 is 0 Å². The molecule has 0 spiro atoms. The zero-order chi connectivity index (χ0) is 20.8. The van der Waals surface area contributed by atoms with Crippen molar-refractivity contribution in [2.45, 2.75) is 33.1 Å². The topological polar surface area (TPSA) is 44.8 Å². The molecule has 0 atom stereocenters. The maximum Gasteiger partial charge on any atom is 0.338 e. The summed E-state index contributed by atoms with van der Waals surface area (Å²) in [6, 6.07) is 16.0. The summed E-state index contributed by atoms with van der Waals surface area (Å²) in [7, 11) is 3.26. The normalized spacial score (nSPS) is 10.8. The van der Waals surface area contributed by atoms with E-state index < -0.39 is 0 Å². The molecule has 152 valence electrons. The van der Waals surface area contributed by atoms with Crippen molar-refractivity contribution in [3.8, 4) is 22.6 Å². The van der Waals surface area contributed by atoms with Crippen molar-refractivity contribution in [2.24, 2.45) is 0 Å². The number of hydrogen-bond donors (Lipinski definition) is 0. The Morgan fingerprint density at radius 3 is 2.31 bits per heavy atom. The molecule has 0 aromatic heterocycles. The minimum Gasteiger partial charge on any atom is -0.497 e. The van der Waals surface area contributed by atoms with E-state index in [1.165, 1.54) is 18.4 Å². The van der Waals surface area contributed by atoms with Crippen molar-refractivity contribution in [1.82, 2.24) is 0 Å². The first-order chi connectivity index (χ1) is 14.1. The number of methoxy groups -OCH3 is 2. The molecule has 4 heteroatoms. The minimum atomic E-state index is -0.336. The van der Waals surface area contributed by atoms with Crippen LogP contribution in [0.3, 0.4) is 0 Å². The summed E-state index contributed by atoms with van der Waals surface area (Å²) < 4.78 is 16.3. The lowest BCUT2D eigenvalue weighted by Crippen LogP contribution is -2.05. The maximum absolute atomic E-state index is 12.5. The molecule has 29 heavy (non-hydrogen) atoms. The van der Waals surface area contributed by atoms with Crippen LogP contribution >= 0.6 is 0 Å². The van der Waals surface area contributed by atoms with E-state index in [1.807, 2.05) is 24.3 Å². The Balaban J connectivity index is 2.20. The molecule has 3 aromatic rings. The van der Waals surface area contributed by atoms with Crippen molar-refractivity contribution < 1.29 is 19.0 Å². The van der Waals surface area contributed by atoms with Crippen molar-refractivity contribution >= 4 is 16.7 Å². The third-order valence-electron chi connectivity index (χ3n) is 5.04. The van der Waals surface area contributed by atoms with Gasteiger partial charge in [0, 0.05) is 11.5 Å². The number of carbonyl (C=O) groups excluding carboxylic acids is 1. The summed E-state index contributed by atoms with van der Waals surface area (Å²) in [4.78, 5) is 12.5. The van der Waals surface area contributed by atoms with E-state index in [2.05, 4.69) is 31.2 Å². The van der Waals surface area contributed by atoms with Gasteiger partial charge in [0.15, 0.2) is 0 Å². The average molecular weight is 392 g/mol. The summed E-state index contributed by atoms with van der Waals surface area (Å²) in [5.41, 5.74) is 3.80. The molecule has 0 amide bonds. The molecular weight excluding hydrogens is 364 g/mol. The lowest BCUT2D eigenvalue weighted by atomic mass is 9.93. The molecule has 0 unspecified atom stereocenters. The minimum absolute atomic E-state index is 0.333. The summed E-state index contributed by atoms with van der Waals surface area (Å²) in [5.74, 6) is 1.05. The second-order valence-electron chi connectivity index (χ2n) is 6.97. The molecule has 0 fully saturated rings. The van der Waals surface area contributed by atoms with Gasteiger partial charge in [-0.05, 0) is 60.0 Å². The Morgan fingerprint density at radius 1 is 0.931 bits per heavy atom. The van der Waals surface area contributed by atoms with Gasteiger partial charge in [0.2, 0.25) is 0 Å². The van der Waals surface area contributed by atoms with Gasteiger partial charge in [0.05, 0.1) is 26.4 Å². The number of hydrogen-bond acceptors (Lipinski definition) is 4. The molecule has 3 aromatic carbocycles. The van der Waals surface area contributed by atoms with Gasteiger partial charge in [-0.2, -0.15) is 0 Å².